The Morgan fingerprint density at radius 2 is 2.00 bits per heavy atom. The molecule has 17 heavy (non-hydrogen) atoms. The summed E-state index contributed by atoms with van der Waals surface area (Å²) in [5, 5.41) is 2.58. The molecule has 0 spiro atoms. The minimum Gasteiger partial charge on any atom is -0.378 e. The van der Waals surface area contributed by atoms with Crippen LogP contribution in [0.1, 0.15) is 6.92 Å². The van der Waals surface area contributed by atoms with Crippen LogP contribution >= 0.6 is 0 Å². The van der Waals surface area contributed by atoms with Crippen molar-refractivity contribution >= 4 is 11.9 Å². The van der Waals surface area contributed by atoms with Gasteiger partial charge in [-0.2, -0.15) is 0 Å². The van der Waals surface area contributed by atoms with Gasteiger partial charge in [-0.1, -0.05) is 6.92 Å². The second kappa shape index (κ2) is 6.44. The van der Waals surface area contributed by atoms with Crippen LogP contribution in [-0.4, -0.2) is 68.7 Å². The lowest BCUT2D eigenvalue weighted by molar-refractivity contribution is -0.124. The summed E-state index contributed by atoms with van der Waals surface area (Å²) in [4.78, 5) is 26.7. The number of rotatable bonds is 3. The van der Waals surface area contributed by atoms with Crippen molar-refractivity contribution in [3.8, 4) is 0 Å². The molecule has 0 bridgehead atoms. The predicted octanol–water partition coefficient (Wildman–Crippen LogP) is -0.247. The van der Waals surface area contributed by atoms with E-state index in [0.29, 0.717) is 32.8 Å². The molecule has 1 aliphatic heterocycles. The lowest BCUT2D eigenvalue weighted by Crippen LogP contribution is -2.48. The number of morpholine rings is 1. The molecule has 0 aromatic carbocycles. The van der Waals surface area contributed by atoms with E-state index in [1.54, 1.807) is 23.9 Å². The summed E-state index contributed by atoms with van der Waals surface area (Å²) in [6.45, 7) is 4.65. The van der Waals surface area contributed by atoms with Gasteiger partial charge in [-0.3, -0.25) is 4.79 Å². The van der Waals surface area contributed by atoms with Crippen molar-refractivity contribution in [3.63, 3.8) is 0 Å². The van der Waals surface area contributed by atoms with E-state index in [-0.39, 0.29) is 17.9 Å². The molecule has 1 rings (SSSR count). The highest BCUT2D eigenvalue weighted by atomic mass is 16.5. The smallest absolute Gasteiger partial charge is 0.319 e. The van der Waals surface area contributed by atoms with E-state index >= 15 is 0 Å². The minimum atomic E-state index is -0.199. The zero-order chi connectivity index (χ0) is 12.8. The molecule has 1 unspecified atom stereocenters. The maximum atomic E-state index is 12.0. The normalized spacial score (nSPS) is 17.5. The Labute approximate surface area is 102 Å². The fourth-order valence-electron chi connectivity index (χ4n) is 1.81. The number of carbonyl (C=O) groups is 2. The minimum absolute atomic E-state index is 0.0379. The quantitative estimate of drug-likeness (QED) is 0.743. The number of carbonyl (C=O) groups excluding carboxylic acids is 2. The Morgan fingerprint density at radius 3 is 2.53 bits per heavy atom. The molecule has 1 N–H and O–H groups in total. The average Bonchev–Trinajstić information content (AvgIpc) is 2.37. The summed E-state index contributed by atoms with van der Waals surface area (Å²) in [5.41, 5.74) is 0. The van der Waals surface area contributed by atoms with Gasteiger partial charge in [-0.15, -0.1) is 0 Å². The van der Waals surface area contributed by atoms with E-state index in [9.17, 15) is 9.59 Å². The van der Waals surface area contributed by atoms with Crippen molar-refractivity contribution in [1.29, 1.82) is 0 Å². The molecule has 6 heteroatoms. The number of urea groups is 1. The molecule has 1 saturated heterocycles. The van der Waals surface area contributed by atoms with Crippen molar-refractivity contribution in [1.82, 2.24) is 15.1 Å². The van der Waals surface area contributed by atoms with E-state index in [1.165, 1.54) is 0 Å². The largest absolute Gasteiger partial charge is 0.378 e. The van der Waals surface area contributed by atoms with Gasteiger partial charge in [0.25, 0.3) is 0 Å². The lowest BCUT2D eigenvalue weighted by Gasteiger charge is -2.31. The van der Waals surface area contributed by atoms with Crippen LogP contribution in [0, 0.1) is 5.92 Å². The Balaban J connectivity index is 2.43. The van der Waals surface area contributed by atoms with Crippen LogP contribution in [-0.2, 0) is 9.53 Å². The van der Waals surface area contributed by atoms with Crippen LogP contribution in [0.2, 0.25) is 0 Å². The fraction of sp³-hybridized carbons (Fsp3) is 0.818. The van der Waals surface area contributed by atoms with Crippen molar-refractivity contribution < 1.29 is 14.3 Å². The Kier molecular flexibility index (Phi) is 5.21. The topological polar surface area (TPSA) is 61.9 Å². The third-order valence-corrected chi connectivity index (χ3v) is 2.85. The molecule has 3 amide bonds. The molecule has 1 heterocycles. The monoisotopic (exact) mass is 243 g/mol. The number of nitrogens with zero attached hydrogens (tertiary/aromatic N) is 2. The molecular weight excluding hydrogens is 222 g/mol. The molecule has 98 valence electrons. The van der Waals surface area contributed by atoms with Gasteiger partial charge in [-0.05, 0) is 0 Å². The molecule has 1 fully saturated rings. The van der Waals surface area contributed by atoms with Crippen LogP contribution in [0.3, 0.4) is 0 Å². The first kappa shape index (κ1) is 13.8. The highest BCUT2D eigenvalue weighted by Gasteiger charge is 2.23. The summed E-state index contributed by atoms with van der Waals surface area (Å²) in [6, 6.07) is -0.0379. The molecular formula is C11H21N3O3. The van der Waals surface area contributed by atoms with Gasteiger partial charge in [0, 0.05) is 33.7 Å². The van der Waals surface area contributed by atoms with Crippen molar-refractivity contribution in [2.75, 3.05) is 46.9 Å². The number of hydrogen-bond acceptors (Lipinski definition) is 3. The maximum Gasteiger partial charge on any atom is 0.319 e. The zero-order valence-corrected chi connectivity index (χ0v) is 10.7. The van der Waals surface area contributed by atoms with Crippen molar-refractivity contribution in [3.05, 3.63) is 0 Å². The first-order valence-corrected chi connectivity index (χ1v) is 5.85. The molecule has 0 aromatic rings. The third kappa shape index (κ3) is 3.89. The van der Waals surface area contributed by atoms with Gasteiger partial charge in [0.05, 0.1) is 19.1 Å². The highest BCUT2D eigenvalue weighted by Crippen LogP contribution is 2.05. The molecule has 0 aromatic heterocycles. The van der Waals surface area contributed by atoms with Gasteiger partial charge >= 0.3 is 6.03 Å². The van der Waals surface area contributed by atoms with Crippen molar-refractivity contribution in [2.24, 2.45) is 5.92 Å². The maximum absolute atomic E-state index is 12.0. The number of ether oxygens (including phenoxy) is 1. The van der Waals surface area contributed by atoms with Crippen LogP contribution in [0.25, 0.3) is 0 Å². The highest BCUT2D eigenvalue weighted by molar-refractivity contribution is 5.79. The van der Waals surface area contributed by atoms with E-state index in [1.807, 2.05) is 6.92 Å². The van der Waals surface area contributed by atoms with Crippen LogP contribution < -0.4 is 5.32 Å². The fourth-order valence-corrected chi connectivity index (χ4v) is 1.81. The summed E-state index contributed by atoms with van der Waals surface area (Å²) < 4.78 is 5.19. The van der Waals surface area contributed by atoms with Crippen molar-refractivity contribution in [2.45, 2.75) is 6.92 Å². The van der Waals surface area contributed by atoms with Gasteiger partial charge in [0.2, 0.25) is 5.91 Å². The summed E-state index contributed by atoms with van der Waals surface area (Å²) >= 11 is 0. The predicted molar refractivity (Wildman–Crippen MR) is 63.6 cm³/mol. The number of amides is 3. The summed E-state index contributed by atoms with van der Waals surface area (Å²) in [5.74, 6) is -0.249. The first-order chi connectivity index (χ1) is 8.06. The Morgan fingerprint density at radius 1 is 1.41 bits per heavy atom. The van der Waals surface area contributed by atoms with Gasteiger partial charge in [-0.25, -0.2) is 4.79 Å². The van der Waals surface area contributed by atoms with E-state index in [2.05, 4.69) is 5.32 Å². The third-order valence-electron chi connectivity index (χ3n) is 2.85. The van der Waals surface area contributed by atoms with Crippen LogP contribution in [0.5, 0.6) is 0 Å². The first-order valence-electron chi connectivity index (χ1n) is 5.85. The standard InChI is InChI=1S/C11H21N3O3/c1-9(10(15)12-2)8-13(3)11(16)14-4-6-17-7-5-14/h9H,4-8H2,1-3H3,(H,12,15). The molecule has 0 aliphatic carbocycles. The molecule has 6 nitrogen and oxygen atoms in total. The zero-order valence-electron chi connectivity index (χ0n) is 10.7. The van der Waals surface area contributed by atoms with E-state index < -0.39 is 0 Å². The second-order valence-corrected chi connectivity index (χ2v) is 4.28. The number of hydrogen-bond donors (Lipinski definition) is 1. The Hall–Kier alpha value is -1.30. The van der Waals surface area contributed by atoms with E-state index in [0.717, 1.165) is 0 Å². The molecule has 1 aliphatic rings. The number of nitrogens with one attached hydrogen (secondary N) is 1. The lowest BCUT2D eigenvalue weighted by atomic mass is 10.1. The second-order valence-electron chi connectivity index (χ2n) is 4.28. The van der Waals surface area contributed by atoms with Gasteiger partial charge in [0.1, 0.15) is 0 Å². The summed E-state index contributed by atoms with van der Waals surface area (Å²) in [6.07, 6.45) is 0. The molecule has 0 radical (unpaired) electrons. The Bertz CT molecular complexity index is 277. The van der Waals surface area contributed by atoms with E-state index in [4.69, 9.17) is 4.74 Å². The van der Waals surface area contributed by atoms with Crippen LogP contribution in [0.15, 0.2) is 0 Å². The summed E-state index contributed by atoms with van der Waals surface area (Å²) in [7, 11) is 3.32. The molecule has 1 atom stereocenters. The van der Waals surface area contributed by atoms with Gasteiger partial charge in [0.15, 0.2) is 0 Å². The SMILES string of the molecule is CNC(=O)C(C)CN(C)C(=O)N1CCOCC1. The van der Waals surface area contributed by atoms with Crippen LogP contribution in [0.4, 0.5) is 4.79 Å². The molecule has 0 saturated carbocycles. The van der Waals surface area contributed by atoms with Gasteiger partial charge < -0.3 is 19.9 Å². The average molecular weight is 243 g/mol.